The van der Waals surface area contributed by atoms with Crippen LogP contribution in [0.15, 0.2) is 0 Å². The summed E-state index contributed by atoms with van der Waals surface area (Å²) in [6.07, 6.45) is 0.253. The molecule has 1 N–H and O–H groups in total. The molecule has 0 rings (SSSR count). The van der Waals surface area contributed by atoms with E-state index in [1.54, 1.807) is 0 Å². The van der Waals surface area contributed by atoms with Crippen molar-refractivity contribution in [3.05, 3.63) is 0 Å². The lowest BCUT2D eigenvalue weighted by Gasteiger charge is -2.06. The molecule has 0 aliphatic rings. The Morgan fingerprint density at radius 1 is 1.42 bits per heavy atom. The maximum atomic E-state index is 10.8. The van der Waals surface area contributed by atoms with Crippen LogP contribution in [-0.2, 0) is 9.09 Å². The Balaban J connectivity index is 0. The molecule has 1 atom stereocenters. The lowest BCUT2D eigenvalue weighted by molar-refractivity contribution is 0.309. The first-order valence-electron chi connectivity index (χ1n) is 3.69. The quantitative estimate of drug-likeness (QED) is 0.677. The SMILES string of the molecule is CN(C)C.COP(C)(=O)CCO. The molecule has 0 heterocycles. The molecule has 0 bridgehead atoms. The summed E-state index contributed by atoms with van der Waals surface area (Å²) in [5, 5.41) is 8.28. The fraction of sp³-hybridized carbons (Fsp3) is 1.00. The van der Waals surface area contributed by atoms with Gasteiger partial charge in [-0.2, -0.15) is 0 Å². The summed E-state index contributed by atoms with van der Waals surface area (Å²) in [6, 6.07) is 0. The fourth-order valence-electron chi connectivity index (χ4n) is 0.273. The lowest BCUT2D eigenvalue weighted by Crippen LogP contribution is -1.99. The van der Waals surface area contributed by atoms with Crippen LogP contribution in [0.2, 0.25) is 0 Å². The van der Waals surface area contributed by atoms with Crippen molar-refractivity contribution in [2.75, 3.05) is 47.7 Å². The molecule has 0 saturated carbocycles. The van der Waals surface area contributed by atoms with Gasteiger partial charge in [-0.1, -0.05) is 0 Å². The minimum absolute atomic E-state index is 0.0678. The number of nitrogens with zero attached hydrogens (tertiary/aromatic N) is 1. The highest BCUT2D eigenvalue weighted by Crippen LogP contribution is 2.40. The average Bonchev–Trinajstić information content (AvgIpc) is 1.86. The summed E-state index contributed by atoms with van der Waals surface area (Å²) < 4.78 is 15.4. The van der Waals surface area contributed by atoms with Gasteiger partial charge in [-0.15, -0.1) is 0 Å². The Morgan fingerprint density at radius 3 is 1.83 bits per heavy atom. The zero-order valence-corrected chi connectivity index (χ0v) is 9.47. The van der Waals surface area contributed by atoms with Gasteiger partial charge in [-0.25, -0.2) is 0 Å². The maximum Gasteiger partial charge on any atom is 0.202 e. The van der Waals surface area contributed by atoms with E-state index >= 15 is 0 Å². The monoisotopic (exact) mass is 197 g/mol. The van der Waals surface area contributed by atoms with Crippen molar-refractivity contribution in [1.29, 1.82) is 0 Å². The zero-order valence-electron chi connectivity index (χ0n) is 8.57. The predicted octanol–water partition coefficient (Wildman–Crippen LogP) is 0.711. The Morgan fingerprint density at radius 2 is 1.75 bits per heavy atom. The molecule has 0 aromatic rings. The van der Waals surface area contributed by atoms with E-state index in [1.165, 1.54) is 13.8 Å². The Hall–Kier alpha value is 0.110. The molecule has 0 aliphatic heterocycles. The third-order valence-electron chi connectivity index (χ3n) is 0.892. The minimum atomic E-state index is -2.42. The number of aliphatic hydroxyl groups is 1. The van der Waals surface area contributed by atoms with Gasteiger partial charge in [0.15, 0.2) is 0 Å². The predicted molar refractivity (Wildman–Crippen MR) is 52.1 cm³/mol. The first-order valence-corrected chi connectivity index (χ1v) is 5.95. The standard InChI is InChI=1S/C4H11O3P.C3H9N/c1-7-8(2,6)4-3-5;1-4(2)3/h5H,3-4H2,1-2H3;1-3H3. The second-order valence-electron chi connectivity index (χ2n) is 2.99. The second kappa shape index (κ2) is 7.74. The summed E-state index contributed by atoms with van der Waals surface area (Å²) in [4.78, 5) is 2.00. The van der Waals surface area contributed by atoms with E-state index in [1.807, 2.05) is 26.0 Å². The summed E-state index contributed by atoms with van der Waals surface area (Å²) in [7, 11) is 4.96. The molecule has 0 aromatic carbocycles. The molecule has 0 spiro atoms. The molecule has 12 heavy (non-hydrogen) atoms. The van der Waals surface area contributed by atoms with Crippen LogP contribution in [0.25, 0.3) is 0 Å². The van der Waals surface area contributed by atoms with Gasteiger partial charge in [-0.05, 0) is 21.1 Å². The zero-order chi connectivity index (χ0) is 10.2. The van der Waals surface area contributed by atoms with E-state index in [2.05, 4.69) is 4.52 Å². The van der Waals surface area contributed by atoms with Crippen molar-refractivity contribution >= 4 is 7.37 Å². The van der Waals surface area contributed by atoms with Crippen molar-refractivity contribution in [3.63, 3.8) is 0 Å². The molecule has 5 heteroatoms. The summed E-state index contributed by atoms with van der Waals surface area (Å²) in [5.74, 6) is 0. The van der Waals surface area contributed by atoms with Crippen LogP contribution >= 0.6 is 7.37 Å². The van der Waals surface area contributed by atoms with E-state index in [-0.39, 0.29) is 12.8 Å². The molecule has 76 valence electrons. The summed E-state index contributed by atoms with van der Waals surface area (Å²) in [5.41, 5.74) is 0. The molecule has 0 aliphatic carbocycles. The Bertz CT molecular complexity index is 136. The van der Waals surface area contributed by atoms with E-state index in [9.17, 15) is 4.57 Å². The highest BCUT2D eigenvalue weighted by atomic mass is 31.2. The van der Waals surface area contributed by atoms with Crippen molar-refractivity contribution < 1.29 is 14.2 Å². The Kier molecular flexibility index (Phi) is 9.44. The maximum absolute atomic E-state index is 10.8. The van der Waals surface area contributed by atoms with Crippen LogP contribution in [-0.4, -0.2) is 57.7 Å². The van der Waals surface area contributed by atoms with Crippen LogP contribution in [0.4, 0.5) is 0 Å². The van der Waals surface area contributed by atoms with Gasteiger partial charge in [0.2, 0.25) is 7.37 Å². The first-order chi connectivity index (χ1) is 5.35. The van der Waals surface area contributed by atoms with Crippen molar-refractivity contribution in [3.8, 4) is 0 Å². The van der Waals surface area contributed by atoms with E-state index in [0.717, 1.165) is 0 Å². The number of rotatable bonds is 3. The van der Waals surface area contributed by atoms with E-state index in [0.29, 0.717) is 0 Å². The third-order valence-corrected chi connectivity index (χ3v) is 2.68. The molecule has 0 fully saturated rings. The van der Waals surface area contributed by atoms with Crippen molar-refractivity contribution in [2.45, 2.75) is 0 Å². The van der Waals surface area contributed by atoms with Gasteiger partial charge in [0.25, 0.3) is 0 Å². The normalized spacial score (nSPS) is 14.9. The van der Waals surface area contributed by atoms with Crippen molar-refractivity contribution in [2.24, 2.45) is 0 Å². The van der Waals surface area contributed by atoms with Gasteiger partial charge >= 0.3 is 0 Å². The summed E-state index contributed by atoms with van der Waals surface area (Å²) >= 11 is 0. The fourth-order valence-corrected chi connectivity index (χ4v) is 0.819. The summed E-state index contributed by atoms with van der Waals surface area (Å²) in [6.45, 7) is 1.44. The van der Waals surface area contributed by atoms with E-state index < -0.39 is 7.37 Å². The van der Waals surface area contributed by atoms with Gasteiger partial charge in [0, 0.05) is 19.9 Å². The highest BCUT2D eigenvalue weighted by molar-refractivity contribution is 7.58. The first kappa shape index (κ1) is 14.6. The topological polar surface area (TPSA) is 49.8 Å². The van der Waals surface area contributed by atoms with Gasteiger partial charge in [0.1, 0.15) is 0 Å². The molecule has 0 amide bonds. The molecular formula is C7H20NO3P. The molecular weight excluding hydrogens is 177 g/mol. The molecule has 0 aromatic heterocycles. The third kappa shape index (κ3) is 16.6. The molecule has 0 saturated heterocycles. The second-order valence-corrected chi connectivity index (χ2v) is 5.83. The Labute approximate surface area is 75.0 Å². The van der Waals surface area contributed by atoms with Crippen LogP contribution in [0, 0.1) is 0 Å². The lowest BCUT2D eigenvalue weighted by atomic mass is 10.9. The van der Waals surface area contributed by atoms with Crippen LogP contribution in [0.1, 0.15) is 0 Å². The van der Waals surface area contributed by atoms with Gasteiger partial charge in [0.05, 0.1) is 6.61 Å². The number of hydrogen-bond donors (Lipinski definition) is 1. The molecule has 0 radical (unpaired) electrons. The van der Waals surface area contributed by atoms with E-state index in [4.69, 9.17) is 5.11 Å². The number of hydrogen-bond acceptors (Lipinski definition) is 4. The van der Waals surface area contributed by atoms with Gasteiger partial charge < -0.3 is 14.5 Å². The smallest absolute Gasteiger partial charge is 0.202 e. The average molecular weight is 197 g/mol. The van der Waals surface area contributed by atoms with Gasteiger partial charge in [-0.3, -0.25) is 4.57 Å². The minimum Gasteiger partial charge on any atom is -0.396 e. The van der Waals surface area contributed by atoms with Crippen LogP contribution in [0.5, 0.6) is 0 Å². The largest absolute Gasteiger partial charge is 0.396 e. The van der Waals surface area contributed by atoms with Crippen LogP contribution in [0.3, 0.4) is 0 Å². The van der Waals surface area contributed by atoms with Crippen LogP contribution < -0.4 is 0 Å². The van der Waals surface area contributed by atoms with Crippen molar-refractivity contribution in [1.82, 2.24) is 4.90 Å². The number of aliphatic hydroxyl groups excluding tert-OH is 1. The molecule has 1 unspecified atom stereocenters. The molecule has 4 nitrogen and oxygen atoms in total. The highest BCUT2D eigenvalue weighted by Gasteiger charge is 2.10.